The number of rotatable bonds is 3. The summed E-state index contributed by atoms with van der Waals surface area (Å²) in [6.45, 7) is 4.18. The minimum Gasteiger partial charge on any atom is -0.496 e. The van der Waals surface area contributed by atoms with E-state index in [2.05, 4.69) is 26.0 Å². The first-order chi connectivity index (χ1) is 9.53. The number of methoxy groups -OCH3 is 1. The van der Waals surface area contributed by atoms with Gasteiger partial charge in [0.05, 0.1) is 12.7 Å². The molecule has 0 saturated heterocycles. The summed E-state index contributed by atoms with van der Waals surface area (Å²) in [6.07, 6.45) is 6.94. The first-order valence-electron chi connectivity index (χ1n) is 7.91. The molecule has 2 unspecified atom stereocenters. The van der Waals surface area contributed by atoms with Crippen LogP contribution >= 0.6 is 0 Å². The van der Waals surface area contributed by atoms with Crippen molar-refractivity contribution in [3.63, 3.8) is 0 Å². The standard InChI is InChI=1S/C18H26O2/c1-12-9-13(2)17(16(10-12)20-3)18(19)8-4-5-15(11-18)14-6-7-14/h9-10,14-15,19H,4-8,11H2,1-3H3. The fourth-order valence-electron chi connectivity index (χ4n) is 4.18. The summed E-state index contributed by atoms with van der Waals surface area (Å²) in [5.74, 6) is 2.44. The van der Waals surface area contributed by atoms with Crippen LogP contribution in [0.3, 0.4) is 0 Å². The molecule has 2 fully saturated rings. The molecule has 2 heteroatoms. The zero-order valence-corrected chi connectivity index (χ0v) is 12.9. The van der Waals surface area contributed by atoms with E-state index in [-0.39, 0.29) is 0 Å². The van der Waals surface area contributed by atoms with E-state index in [1.54, 1.807) is 7.11 Å². The quantitative estimate of drug-likeness (QED) is 0.899. The predicted molar refractivity (Wildman–Crippen MR) is 81.0 cm³/mol. The topological polar surface area (TPSA) is 29.5 Å². The molecule has 0 amide bonds. The van der Waals surface area contributed by atoms with Crippen LogP contribution in [0.4, 0.5) is 0 Å². The molecule has 0 aliphatic heterocycles. The van der Waals surface area contributed by atoms with E-state index in [4.69, 9.17) is 4.74 Å². The van der Waals surface area contributed by atoms with Crippen molar-refractivity contribution in [1.82, 2.24) is 0 Å². The lowest BCUT2D eigenvalue weighted by atomic mass is 9.71. The number of benzene rings is 1. The van der Waals surface area contributed by atoms with Gasteiger partial charge in [-0.2, -0.15) is 0 Å². The van der Waals surface area contributed by atoms with Gasteiger partial charge in [-0.05, 0) is 81.4 Å². The number of ether oxygens (including phenoxy) is 1. The monoisotopic (exact) mass is 274 g/mol. The van der Waals surface area contributed by atoms with E-state index < -0.39 is 5.60 Å². The van der Waals surface area contributed by atoms with E-state index in [0.29, 0.717) is 5.92 Å². The maximum atomic E-state index is 11.3. The van der Waals surface area contributed by atoms with Crippen molar-refractivity contribution in [1.29, 1.82) is 0 Å². The van der Waals surface area contributed by atoms with E-state index in [0.717, 1.165) is 36.5 Å². The molecule has 2 aliphatic rings. The third-order valence-electron chi connectivity index (χ3n) is 5.18. The third kappa shape index (κ3) is 2.46. The van der Waals surface area contributed by atoms with Crippen LogP contribution in [-0.4, -0.2) is 12.2 Å². The van der Waals surface area contributed by atoms with Crippen LogP contribution in [0, 0.1) is 25.7 Å². The van der Waals surface area contributed by atoms with Crippen molar-refractivity contribution in [2.75, 3.05) is 7.11 Å². The minimum absolute atomic E-state index is 0.686. The van der Waals surface area contributed by atoms with Crippen molar-refractivity contribution in [2.24, 2.45) is 11.8 Å². The summed E-state index contributed by atoms with van der Waals surface area (Å²) < 4.78 is 5.58. The lowest BCUT2D eigenvalue weighted by molar-refractivity contribution is -0.0272. The predicted octanol–water partition coefficient (Wildman–Crippen LogP) is 4.10. The van der Waals surface area contributed by atoms with Gasteiger partial charge in [0, 0.05) is 5.56 Å². The number of aliphatic hydroxyl groups is 1. The summed E-state index contributed by atoms with van der Waals surface area (Å²) in [6, 6.07) is 4.22. The lowest BCUT2D eigenvalue weighted by Crippen LogP contribution is -2.34. The van der Waals surface area contributed by atoms with Crippen LogP contribution in [0.5, 0.6) is 5.75 Å². The first kappa shape index (κ1) is 13.9. The van der Waals surface area contributed by atoms with Gasteiger partial charge in [0.1, 0.15) is 5.75 Å². The lowest BCUT2D eigenvalue weighted by Gasteiger charge is -2.39. The van der Waals surface area contributed by atoms with E-state index in [9.17, 15) is 5.11 Å². The van der Waals surface area contributed by atoms with Gasteiger partial charge in [0.2, 0.25) is 0 Å². The van der Waals surface area contributed by atoms with Crippen molar-refractivity contribution in [3.05, 3.63) is 28.8 Å². The minimum atomic E-state index is -0.686. The molecule has 20 heavy (non-hydrogen) atoms. The summed E-state index contributed by atoms with van der Waals surface area (Å²) in [7, 11) is 1.71. The molecule has 0 heterocycles. The highest BCUT2D eigenvalue weighted by atomic mass is 16.5. The molecule has 0 aromatic heterocycles. The summed E-state index contributed by atoms with van der Waals surface area (Å²) >= 11 is 0. The highest BCUT2D eigenvalue weighted by Gasteiger charge is 2.43. The second kappa shape index (κ2) is 5.07. The SMILES string of the molecule is COc1cc(C)cc(C)c1C1(O)CCCC(C2CC2)C1. The Morgan fingerprint density at radius 2 is 1.90 bits per heavy atom. The molecule has 3 rings (SSSR count). The van der Waals surface area contributed by atoms with Crippen LogP contribution in [0.1, 0.15) is 55.2 Å². The Bertz CT molecular complexity index is 504. The maximum absolute atomic E-state index is 11.3. The van der Waals surface area contributed by atoms with Crippen molar-refractivity contribution in [2.45, 2.75) is 58.0 Å². The molecule has 2 aliphatic carbocycles. The fraction of sp³-hybridized carbons (Fsp3) is 0.667. The van der Waals surface area contributed by atoms with Gasteiger partial charge in [-0.25, -0.2) is 0 Å². The number of aryl methyl sites for hydroxylation is 2. The van der Waals surface area contributed by atoms with Gasteiger partial charge in [-0.3, -0.25) is 0 Å². The van der Waals surface area contributed by atoms with Gasteiger partial charge in [-0.15, -0.1) is 0 Å². The number of hydrogen-bond acceptors (Lipinski definition) is 2. The summed E-state index contributed by atoms with van der Waals surface area (Å²) in [4.78, 5) is 0. The second-order valence-electron chi connectivity index (χ2n) is 6.88. The molecule has 1 aromatic carbocycles. The first-order valence-corrected chi connectivity index (χ1v) is 7.91. The van der Waals surface area contributed by atoms with E-state index in [1.165, 1.54) is 30.4 Å². The van der Waals surface area contributed by atoms with Crippen LogP contribution < -0.4 is 4.74 Å². The molecule has 1 aromatic rings. The Labute approximate surface area is 122 Å². The molecule has 2 nitrogen and oxygen atoms in total. The summed E-state index contributed by atoms with van der Waals surface area (Å²) in [5, 5.41) is 11.3. The molecule has 2 saturated carbocycles. The van der Waals surface area contributed by atoms with Crippen LogP contribution in [0.2, 0.25) is 0 Å². The Morgan fingerprint density at radius 3 is 2.55 bits per heavy atom. The van der Waals surface area contributed by atoms with E-state index >= 15 is 0 Å². The van der Waals surface area contributed by atoms with Gasteiger partial charge >= 0.3 is 0 Å². The Kier molecular flexibility index (Phi) is 3.53. The molecule has 1 N–H and O–H groups in total. The molecular weight excluding hydrogens is 248 g/mol. The zero-order valence-electron chi connectivity index (χ0n) is 12.9. The van der Waals surface area contributed by atoms with Crippen LogP contribution in [-0.2, 0) is 5.60 Å². The van der Waals surface area contributed by atoms with Gasteiger partial charge in [0.25, 0.3) is 0 Å². The van der Waals surface area contributed by atoms with Crippen LogP contribution in [0.25, 0.3) is 0 Å². The molecule has 2 atom stereocenters. The average Bonchev–Trinajstić information content (AvgIpc) is 3.21. The van der Waals surface area contributed by atoms with Crippen molar-refractivity contribution < 1.29 is 9.84 Å². The highest BCUT2D eigenvalue weighted by molar-refractivity contribution is 5.47. The Hall–Kier alpha value is -1.02. The second-order valence-corrected chi connectivity index (χ2v) is 6.88. The van der Waals surface area contributed by atoms with E-state index in [1.807, 2.05) is 0 Å². The Balaban J connectivity index is 1.97. The molecule has 0 radical (unpaired) electrons. The molecule has 110 valence electrons. The number of hydrogen-bond donors (Lipinski definition) is 1. The normalized spacial score (nSPS) is 30.3. The zero-order chi connectivity index (χ0) is 14.3. The molecular formula is C18H26O2. The van der Waals surface area contributed by atoms with Gasteiger partial charge in [0.15, 0.2) is 0 Å². The average molecular weight is 274 g/mol. The highest BCUT2D eigenvalue weighted by Crippen LogP contribution is 2.51. The molecule has 0 spiro atoms. The van der Waals surface area contributed by atoms with Crippen molar-refractivity contribution >= 4 is 0 Å². The summed E-state index contributed by atoms with van der Waals surface area (Å²) in [5.41, 5.74) is 2.72. The van der Waals surface area contributed by atoms with Gasteiger partial charge < -0.3 is 9.84 Å². The Morgan fingerprint density at radius 1 is 1.15 bits per heavy atom. The molecule has 0 bridgehead atoms. The van der Waals surface area contributed by atoms with Crippen LogP contribution in [0.15, 0.2) is 12.1 Å². The van der Waals surface area contributed by atoms with Crippen molar-refractivity contribution in [3.8, 4) is 5.75 Å². The third-order valence-corrected chi connectivity index (χ3v) is 5.18. The van der Waals surface area contributed by atoms with Gasteiger partial charge in [-0.1, -0.05) is 6.07 Å². The smallest absolute Gasteiger partial charge is 0.125 e. The maximum Gasteiger partial charge on any atom is 0.125 e. The largest absolute Gasteiger partial charge is 0.496 e. The fourth-order valence-corrected chi connectivity index (χ4v) is 4.18.